The van der Waals surface area contributed by atoms with Gasteiger partial charge in [0, 0.05) is 6.07 Å². The summed E-state index contributed by atoms with van der Waals surface area (Å²) in [6.45, 7) is 0. The number of methoxy groups -OCH3 is 1. The van der Waals surface area contributed by atoms with Crippen molar-refractivity contribution in [2.24, 2.45) is 0 Å². The van der Waals surface area contributed by atoms with Crippen LogP contribution in [0.3, 0.4) is 0 Å². The molecular formula is C13H11FN4O. The number of nitriles is 1. The molecule has 5 nitrogen and oxygen atoms in total. The molecule has 1 heterocycles. The summed E-state index contributed by atoms with van der Waals surface area (Å²) in [7, 11) is 1.49. The molecule has 2 rings (SSSR count). The fraction of sp³-hybridized carbons (Fsp3) is 0.0769. The van der Waals surface area contributed by atoms with Crippen LogP contribution in [0.15, 0.2) is 30.3 Å². The lowest BCUT2D eigenvalue weighted by molar-refractivity contribution is 0.414. The maximum Gasteiger partial charge on any atom is 0.165 e. The third kappa shape index (κ3) is 2.72. The molecule has 0 amide bonds. The summed E-state index contributed by atoms with van der Waals surface area (Å²) >= 11 is 0. The number of ether oxygens (including phenoxy) is 1. The molecule has 96 valence electrons. The van der Waals surface area contributed by atoms with Crippen molar-refractivity contribution >= 4 is 17.2 Å². The summed E-state index contributed by atoms with van der Waals surface area (Å²) in [6.07, 6.45) is 0. The van der Waals surface area contributed by atoms with E-state index in [0.717, 1.165) is 0 Å². The Hall–Kier alpha value is -2.81. The number of rotatable bonds is 3. The molecule has 1 aromatic carbocycles. The predicted octanol–water partition coefficient (Wildman–Crippen LogP) is 2.43. The maximum atomic E-state index is 13.6. The van der Waals surface area contributed by atoms with Crippen molar-refractivity contribution in [3.63, 3.8) is 0 Å². The van der Waals surface area contributed by atoms with Gasteiger partial charge in [-0.15, -0.1) is 0 Å². The molecule has 0 unspecified atom stereocenters. The Morgan fingerprint density at radius 3 is 2.84 bits per heavy atom. The van der Waals surface area contributed by atoms with E-state index in [1.54, 1.807) is 6.07 Å². The molecule has 2 aromatic rings. The van der Waals surface area contributed by atoms with Crippen LogP contribution in [-0.2, 0) is 0 Å². The number of nitrogens with zero attached hydrogens (tertiary/aromatic N) is 2. The van der Waals surface area contributed by atoms with Crippen molar-refractivity contribution in [3.8, 4) is 11.8 Å². The quantitative estimate of drug-likeness (QED) is 0.883. The number of aromatic nitrogens is 1. The van der Waals surface area contributed by atoms with Crippen molar-refractivity contribution in [1.82, 2.24) is 4.98 Å². The first-order valence-corrected chi connectivity index (χ1v) is 5.41. The van der Waals surface area contributed by atoms with Crippen LogP contribution in [0.4, 0.5) is 21.6 Å². The number of anilines is 3. The molecule has 0 saturated carbocycles. The average Bonchev–Trinajstić information content (AvgIpc) is 2.43. The number of nitrogens with two attached hydrogens (primary N) is 1. The summed E-state index contributed by atoms with van der Waals surface area (Å²) in [6, 6.07) is 9.25. The molecule has 0 aliphatic carbocycles. The molecule has 0 spiro atoms. The highest BCUT2D eigenvalue weighted by Crippen LogP contribution is 2.24. The highest BCUT2D eigenvalue weighted by atomic mass is 19.1. The van der Waals surface area contributed by atoms with Crippen molar-refractivity contribution in [2.75, 3.05) is 18.2 Å². The second kappa shape index (κ2) is 5.23. The molecule has 0 atom stereocenters. The first kappa shape index (κ1) is 12.6. The lowest BCUT2D eigenvalue weighted by atomic mass is 10.2. The summed E-state index contributed by atoms with van der Waals surface area (Å²) in [5.41, 5.74) is 6.14. The van der Waals surface area contributed by atoms with Crippen LogP contribution >= 0.6 is 0 Å². The molecule has 0 aliphatic rings. The van der Waals surface area contributed by atoms with E-state index < -0.39 is 5.82 Å². The van der Waals surface area contributed by atoms with Crippen molar-refractivity contribution < 1.29 is 9.13 Å². The van der Waals surface area contributed by atoms with Crippen molar-refractivity contribution in [1.29, 1.82) is 5.26 Å². The Kier molecular flexibility index (Phi) is 3.48. The average molecular weight is 258 g/mol. The zero-order valence-electron chi connectivity index (χ0n) is 10.1. The third-order valence-electron chi connectivity index (χ3n) is 2.47. The van der Waals surface area contributed by atoms with Crippen molar-refractivity contribution in [2.45, 2.75) is 0 Å². The Bertz CT molecular complexity index is 652. The molecule has 0 bridgehead atoms. The van der Waals surface area contributed by atoms with E-state index >= 15 is 0 Å². The van der Waals surface area contributed by atoms with Crippen LogP contribution in [0.1, 0.15) is 5.69 Å². The molecule has 3 N–H and O–H groups in total. The molecule has 0 radical (unpaired) electrons. The van der Waals surface area contributed by atoms with Crippen molar-refractivity contribution in [3.05, 3.63) is 41.8 Å². The minimum absolute atomic E-state index is 0.0910. The van der Waals surface area contributed by atoms with E-state index in [1.165, 1.54) is 31.4 Å². The number of hydrogen-bond acceptors (Lipinski definition) is 5. The minimum Gasteiger partial charge on any atom is -0.497 e. The van der Waals surface area contributed by atoms with Crippen LogP contribution in [0.2, 0.25) is 0 Å². The topological polar surface area (TPSA) is 84.0 Å². The molecule has 19 heavy (non-hydrogen) atoms. The van der Waals surface area contributed by atoms with Crippen LogP contribution < -0.4 is 15.8 Å². The molecule has 0 fully saturated rings. The zero-order chi connectivity index (χ0) is 13.8. The standard InChI is InChI=1S/C13H11FN4O/c1-19-8-2-3-9(14)11(6-8)17-13-5-4-10(16)12(7-15)18-13/h2-6H,16H2,1H3,(H,17,18). The second-order valence-electron chi connectivity index (χ2n) is 3.72. The number of hydrogen-bond donors (Lipinski definition) is 2. The fourth-order valence-electron chi connectivity index (χ4n) is 1.49. The summed E-state index contributed by atoms with van der Waals surface area (Å²) < 4.78 is 18.6. The predicted molar refractivity (Wildman–Crippen MR) is 69.6 cm³/mol. The number of benzene rings is 1. The third-order valence-corrected chi connectivity index (χ3v) is 2.47. The minimum atomic E-state index is -0.446. The Morgan fingerprint density at radius 1 is 1.37 bits per heavy atom. The number of nitrogens with one attached hydrogen (secondary N) is 1. The SMILES string of the molecule is COc1ccc(F)c(Nc2ccc(N)c(C#N)n2)c1. The van der Waals surface area contributed by atoms with E-state index in [-0.39, 0.29) is 17.1 Å². The van der Waals surface area contributed by atoms with E-state index in [2.05, 4.69) is 10.3 Å². The number of pyridine rings is 1. The largest absolute Gasteiger partial charge is 0.497 e. The summed E-state index contributed by atoms with van der Waals surface area (Å²) in [4.78, 5) is 3.98. The second-order valence-corrected chi connectivity index (χ2v) is 3.72. The van der Waals surface area contributed by atoms with E-state index in [9.17, 15) is 4.39 Å². The summed E-state index contributed by atoms with van der Waals surface area (Å²) in [5.74, 6) is 0.399. The van der Waals surface area contributed by atoms with E-state index in [4.69, 9.17) is 15.7 Å². The fourth-order valence-corrected chi connectivity index (χ4v) is 1.49. The van der Waals surface area contributed by atoms with Gasteiger partial charge in [-0.3, -0.25) is 0 Å². The Balaban J connectivity index is 2.33. The normalized spacial score (nSPS) is 9.74. The van der Waals surface area contributed by atoms with Crippen LogP contribution in [0.5, 0.6) is 5.75 Å². The van der Waals surface area contributed by atoms with Gasteiger partial charge in [-0.05, 0) is 24.3 Å². The molecule has 0 saturated heterocycles. The van der Waals surface area contributed by atoms with Gasteiger partial charge in [0.05, 0.1) is 18.5 Å². The molecule has 0 aliphatic heterocycles. The van der Waals surface area contributed by atoms with Gasteiger partial charge in [0.25, 0.3) is 0 Å². The monoisotopic (exact) mass is 258 g/mol. The van der Waals surface area contributed by atoms with Gasteiger partial charge < -0.3 is 15.8 Å². The van der Waals surface area contributed by atoms with Gasteiger partial charge in [0.1, 0.15) is 23.5 Å². The lowest BCUT2D eigenvalue weighted by Crippen LogP contribution is -2.00. The zero-order valence-corrected chi connectivity index (χ0v) is 10.1. The van der Waals surface area contributed by atoms with Crippen LogP contribution in [0, 0.1) is 17.1 Å². The maximum absolute atomic E-state index is 13.6. The molecule has 6 heteroatoms. The van der Waals surface area contributed by atoms with Gasteiger partial charge in [-0.25, -0.2) is 9.37 Å². The Labute approximate surface area is 109 Å². The van der Waals surface area contributed by atoms with E-state index in [1.807, 2.05) is 6.07 Å². The highest BCUT2D eigenvalue weighted by Gasteiger charge is 2.07. The smallest absolute Gasteiger partial charge is 0.165 e. The van der Waals surface area contributed by atoms with Gasteiger partial charge in [-0.1, -0.05) is 0 Å². The number of halogens is 1. The molecular weight excluding hydrogens is 247 g/mol. The first-order valence-electron chi connectivity index (χ1n) is 5.41. The lowest BCUT2D eigenvalue weighted by Gasteiger charge is -2.09. The van der Waals surface area contributed by atoms with Gasteiger partial charge in [0.2, 0.25) is 0 Å². The van der Waals surface area contributed by atoms with Gasteiger partial charge >= 0.3 is 0 Å². The molecule has 1 aromatic heterocycles. The number of nitrogen functional groups attached to an aromatic ring is 1. The highest BCUT2D eigenvalue weighted by molar-refractivity contribution is 5.62. The Morgan fingerprint density at radius 2 is 2.16 bits per heavy atom. The summed E-state index contributed by atoms with van der Waals surface area (Å²) in [5, 5.41) is 11.6. The van der Waals surface area contributed by atoms with Gasteiger partial charge in [0.15, 0.2) is 5.69 Å². The van der Waals surface area contributed by atoms with Crippen LogP contribution in [0.25, 0.3) is 0 Å². The first-order chi connectivity index (χ1) is 9.13. The van der Waals surface area contributed by atoms with Gasteiger partial charge in [-0.2, -0.15) is 5.26 Å². The van der Waals surface area contributed by atoms with E-state index in [0.29, 0.717) is 11.6 Å². The van der Waals surface area contributed by atoms with Crippen LogP contribution in [-0.4, -0.2) is 12.1 Å².